The quantitative estimate of drug-likeness (QED) is 0.718. The van der Waals surface area contributed by atoms with Gasteiger partial charge in [0.1, 0.15) is 6.04 Å². The number of hydrogen-bond donors (Lipinski definition) is 2. The maximum Gasteiger partial charge on any atom is 0.262 e. The number of carbonyl (C=O) groups excluding carboxylic acids is 2. The van der Waals surface area contributed by atoms with Gasteiger partial charge in [-0.15, -0.1) is 11.3 Å². The van der Waals surface area contributed by atoms with Crippen molar-refractivity contribution in [2.75, 3.05) is 13.7 Å². The largest absolute Gasteiger partial charge is 0.375 e. The van der Waals surface area contributed by atoms with Gasteiger partial charge in [-0.25, -0.2) is 0 Å². The van der Waals surface area contributed by atoms with Crippen molar-refractivity contribution in [3.8, 4) is 0 Å². The second-order valence-corrected chi connectivity index (χ2v) is 7.58. The minimum Gasteiger partial charge on any atom is -0.375 e. The van der Waals surface area contributed by atoms with Crippen molar-refractivity contribution in [2.24, 2.45) is 5.92 Å². The van der Waals surface area contributed by atoms with Gasteiger partial charge >= 0.3 is 0 Å². The van der Waals surface area contributed by atoms with Gasteiger partial charge in [-0.1, -0.05) is 43.6 Å². The Hall–Kier alpha value is -1.89. The summed E-state index contributed by atoms with van der Waals surface area (Å²) < 4.78 is 5.46. The van der Waals surface area contributed by atoms with Gasteiger partial charge in [-0.3, -0.25) is 9.59 Å². The lowest BCUT2D eigenvalue weighted by molar-refractivity contribution is -0.124. The Morgan fingerprint density at radius 1 is 1.19 bits per heavy atom. The van der Waals surface area contributed by atoms with E-state index in [0.29, 0.717) is 16.4 Å². The number of ether oxygens (including phenoxy) is 1. The van der Waals surface area contributed by atoms with Crippen LogP contribution in [0.3, 0.4) is 0 Å². The molecule has 1 aromatic heterocycles. The van der Waals surface area contributed by atoms with Crippen molar-refractivity contribution < 1.29 is 14.3 Å². The van der Waals surface area contributed by atoms with E-state index in [1.165, 1.54) is 11.3 Å². The smallest absolute Gasteiger partial charge is 0.262 e. The molecule has 5 nitrogen and oxygen atoms in total. The fourth-order valence-corrected chi connectivity index (χ4v) is 3.23. The highest BCUT2D eigenvalue weighted by molar-refractivity contribution is 7.12. The normalized spacial score (nSPS) is 13.3. The number of nitrogens with one attached hydrogen (secondary N) is 2. The van der Waals surface area contributed by atoms with Gasteiger partial charge in [0.05, 0.1) is 11.0 Å². The number of benzene rings is 1. The molecule has 0 spiro atoms. The molecule has 26 heavy (non-hydrogen) atoms. The Morgan fingerprint density at radius 2 is 1.88 bits per heavy atom. The number of methoxy groups -OCH3 is 1. The molecule has 1 aromatic carbocycles. The number of rotatable bonds is 8. The Bertz CT molecular complexity index is 717. The zero-order valence-corrected chi connectivity index (χ0v) is 16.6. The highest BCUT2D eigenvalue weighted by Crippen LogP contribution is 2.19. The average Bonchev–Trinajstić information content (AvgIpc) is 3.15. The zero-order valence-electron chi connectivity index (χ0n) is 15.0. The molecule has 0 aliphatic rings. The lowest BCUT2D eigenvalue weighted by Crippen LogP contribution is -2.50. The molecule has 0 radical (unpaired) electrons. The molecule has 0 bridgehead atoms. The highest BCUT2D eigenvalue weighted by Gasteiger charge is 2.25. The molecule has 0 aliphatic carbocycles. The standard InChI is InChI=1S/C19H23ClN2O3S/c1-12(2)17(22-18(23)16-5-4-10-26-16)19(24)21-11-15(25-3)13-6-8-14(20)9-7-13/h4-10,12,15,17H,11H2,1-3H3,(H,21,24)(H,22,23). The molecule has 2 unspecified atom stereocenters. The Labute approximate surface area is 162 Å². The molecule has 1 heterocycles. The van der Waals surface area contributed by atoms with E-state index in [1.807, 2.05) is 31.4 Å². The van der Waals surface area contributed by atoms with Gasteiger partial charge in [-0.05, 0) is 35.1 Å². The summed E-state index contributed by atoms with van der Waals surface area (Å²) in [7, 11) is 1.59. The molecule has 2 rings (SSSR count). The lowest BCUT2D eigenvalue weighted by Gasteiger charge is -2.23. The molecular weight excluding hydrogens is 372 g/mol. The zero-order chi connectivity index (χ0) is 19.1. The number of thiophene rings is 1. The summed E-state index contributed by atoms with van der Waals surface area (Å²) in [6.45, 7) is 4.09. The summed E-state index contributed by atoms with van der Waals surface area (Å²) in [5, 5.41) is 8.15. The van der Waals surface area contributed by atoms with Crippen LogP contribution < -0.4 is 10.6 Å². The van der Waals surface area contributed by atoms with Gasteiger partial charge in [0.2, 0.25) is 5.91 Å². The van der Waals surface area contributed by atoms with Crippen molar-refractivity contribution in [3.05, 3.63) is 57.2 Å². The van der Waals surface area contributed by atoms with Crippen LogP contribution in [-0.4, -0.2) is 31.5 Å². The summed E-state index contributed by atoms with van der Waals surface area (Å²) in [4.78, 5) is 25.4. The lowest BCUT2D eigenvalue weighted by atomic mass is 10.0. The summed E-state index contributed by atoms with van der Waals surface area (Å²) in [5.41, 5.74) is 0.918. The van der Waals surface area contributed by atoms with Gasteiger partial charge in [0.15, 0.2) is 0 Å². The predicted molar refractivity (Wildman–Crippen MR) is 105 cm³/mol. The van der Waals surface area contributed by atoms with Gasteiger partial charge in [0.25, 0.3) is 5.91 Å². The van der Waals surface area contributed by atoms with Crippen molar-refractivity contribution in [3.63, 3.8) is 0 Å². The van der Waals surface area contributed by atoms with Crippen LogP contribution in [0.15, 0.2) is 41.8 Å². The topological polar surface area (TPSA) is 67.4 Å². The predicted octanol–water partition coefficient (Wildman–Crippen LogP) is 3.66. The van der Waals surface area contributed by atoms with E-state index in [0.717, 1.165) is 5.56 Å². The second-order valence-electron chi connectivity index (χ2n) is 6.19. The van der Waals surface area contributed by atoms with Crippen LogP contribution in [0.25, 0.3) is 0 Å². The maximum atomic E-state index is 12.6. The molecule has 2 atom stereocenters. The highest BCUT2D eigenvalue weighted by atomic mass is 35.5. The van der Waals surface area contributed by atoms with E-state index in [1.54, 1.807) is 31.4 Å². The van der Waals surface area contributed by atoms with Crippen LogP contribution in [0.4, 0.5) is 0 Å². The number of amides is 2. The van der Waals surface area contributed by atoms with E-state index >= 15 is 0 Å². The number of halogens is 1. The summed E-state index contributed by atoms with van der Waals surface area (Å²) >= 11 is 7.25. The molecule has 2 amide bonds. The molecule has 2 N–H and O–H groups in total. The van der Waals surface area contributed by atoms with Crippen molar-refractivity contribution in [1.82, 2.24) is 10.6 Å². The SMILES string of the molecule is COC(CNC(=O)C(NC(=O)c1cccs1)C(C)C)c1ccc(Cl)cc1. The van der Waals surface area contributed by atoms with E-state index in [2.05, 4.69) is 10.6 Å². The first-order valence-electron chi connectivity index (χ1n) is 8.32. The minimum atomic E-state index is -0.618. The van der Waals surface area contributed by atoms with Crippen molar-refractivity contribution >= 4 is 34.8 Å². The minimum absolute atomic E-state index is 0.0459. The van der Waals surface area contributed by atoms with Crippen molar-refractivity contribution in [2.45, 2.75) is 26.0 Å². The van der Waals surface area contributed by atoms with E-state index in [-0.39, 0.29) is 23.8 Å². The van der Waals surface area contributed by atoms with Crippen LogP contribution in [0.1, 0.15) is 35.2 Å². The van der Waals surface area contributed by atoms with Crippen molar-refractivity contribution in [1.29, 1.82) is 0 Å². The van der Waals surface area contributed by atoms with Crippen LogP contribution in [0.5, 0.6) is 0 Å². The van der Waals surface area contributed by atoms with Gasteiger partial charge in [-0.2, -0.15) is 0 Å². The van der Waals surface area contributed by atoms with E-state index < -0.39 is 6.04 Å². The monoisotopic (exact) mass is 394 g/mol. The Balaban J connectivity index is 1.98. The number of hydrogen-bond acceptors (Lipinski definition) is 4. The molecule has 0 aliphatic heterocycles. The average molecular weight is 395 g/mol. The maximum absolute atomic E-state index is 12.6. The molecule has 7 heteroatoms. The molecule has 2 aromatic rings. The first kappa shape index (κ1) is 20.4. The van der Waals surface area contributed by atoms with Crippen LogP contribution in [-0.2, 0) is 9.53 Å². The fourth-order valence-electron chi connectivity index (χ4n) is 2.47. The summed E-state index contributed by atoms with van der Waals surface area (Å²) in [6, 6.07) is 10.2. The van der Waals surface area contributed by atoms with Crippen LogP contribution >= 0.6 is 22.9 Å². The molecule has 0 saturated carbocycles. The molecular formula is C19H23ClN2O3S. The van der Waals surface area contributed by atoms with E-state index in [4.69, 9.17) is 16.3 Å². The van der Waals surface area contributed by atoms with Gasteiger partial charge in [0, 0.05) is 18.7 Å². The first-order valence-corrected chi connectivity index (χ1v) is 9.58. The van der Waals surface area contributed by atoms with Gasteiger partial charge < -0.3 is 15.4 Å². The van der Waals surface area contributed by atoms with Crippen LogP contribution in [0, 0.1) is 5.92 Å². The second kappa shape index (κ2) is 9.71. The third kappa shape index (κ3) is 5.56. The number of carbonyl (C=O) groups is 2. The Morgan fingerprint density at radius 3 is 2.42 bits per heavy atom. The molecule has 140 valence electrons. The Kier molecular flexibility index (Phi) is 7.63. The third-order valence-electron chi connectivity index (χ3n) is 3.97. The van der Waals surface area contributed by atoms with Crippen LogP contribution in [0.2, 0.25) is 5.02 Å². The summed E-state index contributed by atoms with van der Waals surface area (Å²) in [5.74, 6) is -0.522. The molecule has 0 fully saturated rings. The fraction of sp³-hybridized carbons (Fsp3) is 0.368. The third-order valence-corrected chi connectivity index (χ3v) is 5.09. The summed E-state index contributed by atoms with van der Waals surface area (Å²) in [6.07, 6.45) is -0.294. The first-order chi connectivity index (χ1) is 12.4. The molecule has 0 saturated heterocycles. The van der Waals surface area contributed by atoms with E-state index in [9.17, 15) is 9.59 Å².